The van der Waals surface area contributed by atoms with E-state index in [9.17, 15) is 66.1 Å². The van der Waals surface area contributed by atoms with E-state index >= 15 is 0 Å². The maximum Gasteiger partial charge on any atom is 0.378 e. The number of aliphatic hydroxyl groups is 4. The molecule has 8 aliphatic rings. The van der Waals surface area contributed by atoms with Gasteiger partial charge >= 0.3 is 59.6 Å². The van der Waals surface area contributed by atoms with Crippen molar-refractivity contribution in [3.05, 3.63) is 36.5 Å². The predicted octanol–water partition coefficient (Wildman–Crippen LogP) is 10.4. The van der Waals surface area contributed by atoms with Crippen LogP contribution in [0.2, 0.25) is 0 Å². The van der Waals surface area contributed by atoms with Crippen molar-refractivity contribution in [1.29, 1.82) is 0 Å². The van der Waals surface area contributed by atoms with Crippen LogP contribution in [-0.2, 0) is 66.8 Å². The Kier molecular flexibility index (Phi) is 30.2. The van der Waals surface area contributed by atoms with Crippen LogP contribution in [0.3, 0.4) is 0 Å². The van der Waals surface area contributed by atoms with Gasteiger partial charge in [-0.2, -0.15) is 17.6 Å². The zero-order valence-electron chi connectivity index (χ0n) is 54.3. The normalized spacial score (nSPS) is 25.9. The number of carbonyl (C=O) groups excluding carboxylic acids is 6. The summed E-state index contributed by atoms with van der Waals surface area (Å²) in [5.41, 5.74) is -2.87. The van der Waals surface area contributed by atoms with Crippen molar-refractivity contribution in [3.8, 4) is 0 Å². The first kappa shape index (κ1) is 80.6. The van der Waals surface area contributed by atoms with E-state index in [1.807, 2.05) is 41.5 Å². The molecule has 8 fully saturated rings. The van der Waals surface area contributed by atoms with Gasteiger partial charge in [0.05, 0.1) is 40.7 Å². The molecule has 20 nitrogen and oxygen atoms in total. The molecule has 0 amide bonds. The molecule has 0 aliphatic heterocycles. The molecule has 8 saturated carbocycles. The molecule has 0 aromatic rings. The minimum absolute atomic E-state index is 0.0473. The van der Waals surface area contributed by atoms with Gasteiger partial charge in [0.1, 0.15) is 24.4 Å². The van der Waals surface area contributed by atoms with Crippen LogP contribution >= 0.6 is 0 Å². The number of carbonyl (C=O) groups is 8. The summed E-state index contributed by atoms with van der Waals surface area (Å²) in [6.07, 6.45) is 8.66. The molecule has 6 N–H and O–H groups in total. The van der Waals surface area contributed by atoms with E-state index in [1.165, 1.54) is 33.6 Å². The minimum atomic E-state index is -4.08. The van der Waals surface area contributed by atoms with Crippen LogP contribution in [-0.4, -0.2) is 151 Å². The standard InChI is InChI=1S/C16H26O3.C14H20O3.C11H18F2O4.C9H12F2O4.C8H16O3.C6H10O3/c1-4-14(2,3)13(17)19-16-8-11-5-12(9-16)7-15(18,6-11)10-16;1-9(2)12(15)17-14-6-10-3-11(7-14)5-13(16,4-10)8-14;1-5-7(11(12,13)8(14)15)17-9(16)10(3,4)6-2;1-4-6(9(10,11)8(13)14)15-7(12)5(2)3;1-4-8(2,3)7(10)11-6-5-9;1-5(2)6(8)9-4-3-7/h11-12,18H,4-10H2,1-3H3;10-11,16H,1,3-8H2,2H3;7H,5-6H2,1-4H3,(H,14,15);6H,2,4H2,1,3H3,(H,13,14);9H,4-6H2,1-3H3;7H,1,3-4H2,2H3. The highest BCUT2D eigenvalue weighted by Gasteiger charge is 2.61. The topological polar surface area (TPSA) is 313 Å². The first-order valence-electron chi connectivity index (χ1n) is 30.3. The van der Waals surface area contributed by atoms with Gasteiger partial charge in [0.2, 0.25) is 0 Å². The number of alkyl halides is 4. The second-order valence-electron chi connectivity index (χ2n) is 26.7. The van der Waals surface area contributed by atoms with Crippen LogP contribution in [0.25, 0.3) is 0 Å². The first-order chi connectivity index (χ1) is 40.2. The number of hydrogen-bond acceptors (Lipinski definition) is 18. The Balaban J connectivity index is 0.000000537. The third-order valence-corrected chi connectivity index (χ3v) is 17.2. The minimum Gasteiger partial charge on any atom is -0.477 e. The molecule has 0 saturated heterocycles. The van der Waals surface area contributed by atoms with Gasteiger partial charge < -0.3 is 59.1 Å². The van der Waals surface area contributed by atoms with Crippen LogP contribution in [0.15, 0.2) is 36.5 Å². The Bertz CT molecular complexity index is 2420. The number of ether oxygens (including phenoxy) is 6. The fraction of sp³-hybridized carbons (Fsp3) is 0.781. The molecule has 6 unspecified atom stereocenters. The average molecular weight is 1270 g/mol. The van der Waals surface area contributed by atoms with E-state index in [0.717, 1.165) is 64.2 Å². The Morgan fingerprint density at radius 2 is 0.795 bits per heavy atom. The van der Waals surface area contributed by atoms with Gasteiger partial charge in [-0.25, -0.2) is 24.0 Å². The predicted molar refractivity (Wildman–Crippen MR) is 315 cm³/mol. The fourth-order valence-corrected chi connectivity index (χ4v) is 11.8. The molecule has 24 heteroatoms. The van der Waals surface area contributed by atoms with Crippen LogP contribution in [0.1, 0.15) is 206 Å². The fourth-order valence-electron chi connectivity index (χ4n) is 11.8. The van der Waals surface area contributed by atoms with Gasteiger partial charge in [-0.15, -0.1) is 0 Å². The number of hydrogen-bond donors (Lipinski definition) is 6. The van der Waals surface area contributed by atoms with E-state index in [4.69, 9.17) is 34.6 Å². The second kappa shape index (κ2) is 33.0. The third kappa shape index (κ3) is 23.4. The van der Waals surface area contributed by atoms with E-state index in [2.05, 4.69) is 33.9 Å². The summed E-state index contributed by atoms with van der Waals surface area (Å²) in [7, 11) is 0. The number of aliphatic carboxylic acids is 2. The van der Waals surface area contributed by atoms with Gasteiger partial charge in [0.25, 0.3) is 0 Å². The van der Waals surface area contributed by atoms with Crippen molar-refractivity contribution in [2.45, 2.75) is 253 Å². The maximum atomic E-state index is 13.2. The van der Waals surface area contributed by atoms with E-state index < -0.39 is 86.9 Å². The van der Waals surface area contributed by atoms with Crippen molar-refractivity contribution in [3.63, 3.8) is 0 Å². The summed E-state index contributed by atoms with van der Waals surface area (Å²) in [6.45, 7) is 33.6. The SMILES string of the molecule is C=C(C)C(=O)OC(CC)C(F)(F)C(=O)O.C=C(C)C(=O)OC12CC3CC(CC(O)(C3)C1)C2.C=C(C)C(=O)OCCO.CCC(C)(C)C(=O)OC12CC3CC(CC(O)(C3)C1)C2.CCC(C)(C)C(=O)OCCO.CCC(OC(=O)C(C)(C)CC)C(F)(F)C(=O)O. The Morgan fingerprint density at radius 1 is 0.477 bits per heavy atom. The highest BCUT2D eigenvalue weighted by molar-refractivity contribution is 5.88. The quantitative estimate of drug-likeness (QED) is 0.0240. The van der Waals surface area contributed by atoms with E-state index in [0.29, 0.717) is 54.1 Å². The van der Waals surface area contributed by atoms with Crippen LogP contribution in [0.4, 0.5) is 17.6 Å². The van der Waals surface area contributed by atoms with E-state index in [1.54, 1.807) is 34.6 Å². The molecule has 0 spiro atoms. The summed E-state index contributed by atoms with van der Waals surface area (Å²) >= 11 is 0. The average Bonchev–Trinajstić information content (AvgIpc) is 0.822. The lowest BCUT2D eigenvalue weighted by molar-refractivity contribution is -0.225. The monoisotopic (exact) mass is 1270 g/mol. The van der Waals surface area contributed by atoms with Crippen molar-refractivity contribution in [2.24, 2.45) is 39.9 Å². The molecule has 8 aliphatic carbocycles. The smallest absolute Gasteiger partial charge is 0.378 e. The number of esters is 6. The van der Waals surface area contributed by atoms with Crippen LogP contribution in [0, 0.1) is 39.9 Å². The number of halogens is 4. The lowest BCUT2D eigenvalue weighted by Crippen LogP contribution is -2.61. The summed E-state index contributed by atoms with van der Waals surface area (Å²) in [6, 6.07) is 0. The number of aliphatic hydroxyl groups excluding tert-OH is 2. The van der Waals surface area contributed by atoms with Crippen molar-refractivity contribution >= 4 is 47.8 Å². The lowest BCUT2D eigenvalue weighted by Gasteiger charge is -2.59. The molecule has 88 heavy (non-hydrogen) atoms. The van der Waals surface area contributed by atoms with Crippen molar-refractivity contribution in [2.75, 3.05) is 26.4 Å². The summed E-state index contributed by atoms with van der Waals surface area (Å²) in [4.78, 5) is 88.8. The highest BCUT2D eigenvalue weighted by atomic mass is 19.3. The summed E-state index contributed by atoms with van der Waals surface area (Å²) in [5.74, 6) is -13.5. The van der Waals surface area contributed by atoms with Gasteiger partial charge in [0.15, 0.2) is 12.2 Å². The summed E-state index contributed by atoms with van der Waals surface area (Å²) < 4.78 is 82.0. The largest absolute Gasteiger partial charge is 0.477 e. The van der Waals surface area contributed by atoms with Crippen molar-refractivity contribution in [1.82, 2.24) is 0 Å². The molecular weight excluding hydrogens is 1160 g/mol. The second-order valence-corrected chi connectivity index (χ2v) is 26.7. The van der Waals surface area contributed by atoms with E-state index in [-0.39, 0.29) is 68.4 Å². The van der Waals surface area contributed by atoms with Gasteiger partial charge in [-0.1, -0.05) is 54.4 Å². The Hall–Kier alpha value is -5.46. The van der Waals surface area contributed by atoms with Gasteiger partial charge in [-0.3, -0.25) is 14.4 Å². The third-order valence-electron chi connectivity index (χ3n) is 17.2. The zero-order valence-corrected chi connectivity index (χ0v) is 54.3. The van der Waals surface area contributed by atoms with Gasteiger partial charge in [0, 0.05) is 29.6 Å². The Morgan fingerprint density at radius 3 is 1.10 bits per heavy atom. The van der Waals surface area contributed by atoms with Gasteiger partial charge in [-0.05, 0) is 182 Å². The molecule has 0 aromatic heterocycles. The molecule has 0 radical (unpaired) electrons. The maximum absolute atomic E-state index is 13.2. The summed E-state index contributed by atoms with van der Waals surface area (Å²) in [5, 5.41) is 54.3. The van der Waals surface area contributed by atoms with Crippen LogP contribution in [0.5, 0.6) is 0 Å². The zero-order chi connectivity index (χ0) is 68.4. The highest BCUT2D eigenvalue weighted by Crippen LogP contribution is 2.60. The molecular formula is C64H102F4O20. The number of carboxylic acids is 2. The molecule has 0 heterocycles. The molecule has 8 rings (SSSR count). The lowest BCUT2D eigenvalue weighted by atomic mass is 9.52. The number of rotatable bonds is 23. The molecule has 0 aromatic carbocycles. The molecule has 506 valence electrons. The molecule has 8 bridgehead atoms. The van der Waals surface area contributed by atoms with Crippen molar-refractivity contribution < 1.29 is 115 Å². The van der Waals surface area contributed by atoms with Crippen LogP contribution < -0.4 is 0 Å². The molecule has 6 atom stereocenters. The Labute approximate surface area is 516 Å². The first-order valence-corrected chi connectivity index (χ1v) is 30.3. The number of carboxylic acid groups (broad SMARTS) is 2.